The van der Waals surface area contributed by atoms with Crippen molar-refractivity contribution >= 4 is 17.6 Å². The number of hydrogen-bond donors (Lipinski definition) is 0. The number of carbonyl (C=O) groups is 2. The summed E-state index contributed by atoms with van der Waals surface area (Å²) >= 11 is 0. The van der Waals surface area contributed by atoms with Crippen LogP contribution in [0.2, 0.25) is 0 Å². The van der Waals surface area contributed by atoms with Gasteiger partial charge in [-0.25, -0.2) is 0 Å². The summed E-state index contributed by atoms with van der Waals surface area (Å²) in [6.07, 6.45) is 0. The van der Waals surface area contributed by atoms with Crippen LogP contribution in [-0.2, 0) is 19.1 Å². The van der Waals surface area contributed by atoms with E-state index in [-0.39, 0.29) is 26.3 Å². The first-order chi connectivity index (χ1) is 10.1. The summed E-state index contributed by atoms with van der Waals surface area (Å²) in [7, 11) is 0. The molecule has 6 nitrogen and oxygen atoms in total. The van der Waals surface area contributed by atoms with Crippen molar-refractivity contribution in [3.8, 4) is 6.07 Å². The summed E-state index contributed by atoms with van der Waals surface area (Å²) in [4.78, 5) is 24.8. The number of nitriles is 1. The Balaban J connectivity index is 2.86. The Hall–Kier alpha value is -2.55. The van der Waals surface area contributed by atoms with Gasteiger partial charge in [0.1, 0.15) is 13.1 Å². The Morgan fingerprint density at radius 2 is 1.52 bits per heavy atom. The highest BCUT2D eigenvalue weighted by molar-refractivity contribution is 5.81. The maximum absolute atomic E-state index is 11.6. The van der Waals surface area contributed by atoms with Crippen molar-refractivity contribution in [2.24, 2.45) is 0 Å². The van der Waals surface area contributed by atoms with Gasteiger partial charge in [0, 0.05) is 5.69 Å². The first kappa shape index (κ1) is 16.5. The first-order valence-corrected chi connectivity index (χ1v) is 6.67. The topological polar surface area (TPSA) is 79.6 Å². The maximum Gasteiger partial charge on any atom is 0.325 e. The van der Waals surface area contributed by atoms with Gasteiger partial charge in [-0.2, -0.15) is 5.26 Å². The summed E-state index contributed by atoms with van der Waals surface area (Å²) < 4.78 is 9.79. The van der Waals surface area contributed by atoms with Gasteiger partial charge >= 0.3 is 11.9 Å². The molecule has 0 N–H and O–H groups in total. The number of hydrogen-bond acceptors (Lipinski definition) is 6. The lowest BCUT2D eigenvalue weighted by Gasteiger charge is -2.22. The molecular weight excluding hydrogens is 272 g/mol. The summed E-state index contributed by atoms with van der Waals surface area (Å²) in [6.45, 7) is 3.88. The molecule has 21 heavy (non-hydrogen) atoms. The van der Waals surface area contributed by atoms with Crippen LogP contribution in [0.1, 0.15) is 19.4 Å². The molecule has 0 amide bonds. The van der Waals surface area contributed by atoms with Gasteiger partial charge in [0.15, 0.2) is 0 Å². The van der Waals surface area contributed by atoms with Crippen LogP contribution in [-0.4, -0.2) is 38.2 Å². The third kappa shape index (κ3) is 5.53. The minimum atomic E-state index is -0.425. The van der Waals surface area contributed by atoms with Crippen LogP contribution in [0.25, 0.3) is 0 Å². The largest absolute Gasteiger partial charge is 0.465 e. The summed E-state index contributed by atoms with van der Waals surface area (Å²) in [5.41, 5.74) is 1.15. The van der Waals surface area contributed by atoms with E-state index in [4.69, 9.17) is 14.7 Å². The Kier molecular flexibility index (Phi) is 6.75. The molecule has 1 rings (SSSR count). The van der Waals surface area contributed by atoms with Crippen molar-refractivity contribution in [2.45, 2.75) is 13.8 Å². The molecule has 0 spiro atoms. The Morgan fingerprint density at radius 3 is 1.90 bits per heavy atom. The van der Waals surface area contributed by atoms with E-state index in [2.05, 4.69) is 0 Å². The molecule has 0 heterocycles. The summed E-state index contributed by atoms with van der Waals surface area (Å²) in [5, 5.41) is 8.79. The summed E-state index contributed by atoms with van der Waals surface area (Å²) in [5.74, 6) is -0.850. The number of ether oxygens (including phenoxy) is 2. The fourth-order valence-electron chi connectivity index (χ4n) is 1.71. The smallest absolute Gasteiger partial charge is 0.325 e. The molecule has 0 aromatic heterocycles. The molecule has 6 heteroatoms. The predicted octanol–water partition coefficient (Wildman–Crippen LogP) is 1.49. The highest BCUT2D eigenvalue weighted by atomic mass is 16.5. The molecule has 0 unspecified atom stereocenters. The van der Waals surface area contributed by atoms with Crippen molar-refractivity contribution in [3.63, 3.8) is 0 Å². The van der Waals surface area contributed by atoms with Crippen LogP contribution in [0.5, 0.6) is 0 Å². The van der Waals surface area contributed by atoms with E-state index in [9.17, 15) is 9.59 Å². The molecule has 0 aliphatic carbocycles. The van der Waals surface area contributed by atoms with E-state index >= 15 is 0 Å². The molecule has 112 valence electrons. The van der Waals surface area contributed by atoms with E-state index in [0.717, 1.165) is 0 Å². The fraction of sp³-hybridized carbons (Fsp3) is 0.400. The van der Waals surface area contributed by atoms with Crippen molar-refractivity contribution in [1.29, 1.82) is 5.26 Å². The fourth-order valence-corrected chi connectivity index (χ4v) is 1.71. The maximum atomic E-state index is 11.6. The van der Waals surface area contributed by atoms with E-state index in [1.807, 2.05) is 6.07 Å². The normalized spacial score (nSPS) is 9.57. The van der Waals surface area contributed by atoms with Crippen LogP contribution < -0.4 is 4.90 Å². The molecule has 1 aromatic carbocycles. The van der Waals surface area contributed by atoms with Crippen LogP contribution in [0.3, 0.4) is 0 Å². The zero-order chi connectivity index (χ0) is 15.7. The number of benzene rings is 1. The van der Waals surface area contributed by atoms with Gasteiger partial charge in [-0.05, 0) is 38.1 Å². The van der Waals surface area contributed by atoms with Crippen molar-refractivity contribution in [1.82, 2.24) is 0 Å². The Bertz CT molecular complexity index is 499. The molecule has 0 bridgehead atoms. The molecule has 0 aliphatic rings. The average molecular weight is 290 g/mol. The standard InChI is InChI=1S/C15H18N2O4/c1-3-20-14(18)10-17(11-15(19)21-4-2)13-7-5-12(9-16)6-8-13/h5-8H,3-4,10-11H2,1-2H3. The van der Waals surface area contributed by atoms with E-state index in [1.54, 1.807) is 43.0 Å². The van der Waals surface area contributed by atoms with E-state index < -0.39 is 11.9 Å². The van der Waals surface area contributed by atoms with Crippen LogP contribution >= 0.6 is 0 Å². The van der Waals surface area contributed by atoms with Gasteiger partial charge in [-0.1, -0.05) is 0 Å². The monoisotopic (exact) mass is 290 g/mol. The quantitative estimate of drug-likeness (QED) is 0.708. The molecule has 0 aliphatic heterocycles. The van der Waals surface area contributed by atoms with Crippen LogP contribution in [0, 0.1) is 11.3 Å². The molecule has 0 radical (unpaired) electrons. The molecule has 0 saturated heterocycles. The Morgan fingerprint density at radius 1 is 1.05 bits per heavy atom. The second-order valence-electron chi connectivity index (χ2n) is 4.12. The molecule has 0 atom stereocenters. The minimum absolute atomic E-state index is 0.0570. The van der Waals surface area contributed by atoms with Crippen molar-refractivity contribution in [3.05, 3.63) is 29.8 Å². The second-order valence-corrected chi connectivity index (χ2v) is 4.12. The average Bonchev–Trinajstić information content (AvgIpc) is 2.47. The van der Waals surface area contributed by atoms with E-state index in [1.165, 1.54) is 0 Å². The molecule has 0 fully saturated rings. The number of esters is 2. The number of anilines is 1. The minimum Gasteiger partial charge on any atom is -0.465 e. The number of nitrogens with zero attached hydrogens (tertiary/aromatic N) is 2. The first-order valence-electron chi connectivity index (χ1n) is 6.67. The SMILES string of the molecule is CCOC(=O)CN(CC(=O)OCC)c1ccc(C#N)cc1. The van der Waals surface area contributed by atoms with Gasteiger partial charge in [-0.15, -0.1) is 0 Å². The van der Waals surface area contributed by atoms with Crippen LogP contribution in [0.15, 0.2) is 24.3 Å². The number of rotatable bonds is 7. The third-order valence-corrected chi connectivity index (χ3v) is 2.61. The third-order valence-electron chi connectivity index (χ3n) is 2.61. The van der Waals surface area contributed by atoms with Gasteiger partial charge in [0.25, 0.3) is 0 Å². The van der Waals surface area contributed by atoms with Gasteiger partial charge < -0.3 is 14.4 Å². The van der Waals surface area contributed by atoms with Gasteiger partial charge in [-0.3, -0.25) is 9.59 Å². The molecule has 1 aromatic rings. The summed E-state index contributed by atoms with van der Waals surface area (Å²) in [6, 6.07) is 8.62. The van der Waals surface area contributed by atoms with Crippen molar-refractivity contribution in [2.75, 3.05) is 31.2 Å². The zero-order valence-corrected chi connectivity index (χ0v) is 12.2. The van der Waals surface area contributed by atoms with Crippen molar-refractivity contribution < 1.29 is 19.1 Å². The number of carbonyl (C=O) groups excluding carboxylic acids is 2. The van der Waals surface area contributed by atoms with E-state index in [0.29, 0.717) is 11.3 Å². The lowest BCUT2D eigenvalue weighted by Crippen LogP contribution is -2.36. The van der Waals surface area contributed by atoms with Crippen LogP contribution in [0.4, 0.5) is 5.69 Å². The lowest BCUT2D eigenvalue weighted by atomic mass is 10.2. The van der Waals surface area contributed by atoms with Gasteiger partial charge in [0.05, 0.1) is 24.8 Å². The zero-order valence-electron chi connectivity index (χ0n) is 12.2. The molecular formula is C15H18N2O4. The molecule has 0 saturated carbocycles. The van der Waals surface area contributed by atoms with Gasteiger partial charge in [0.2, 0.25) is 0 Å². The predicted molar refractivity (Wildman–Crippen MR) is 76.6 cm³/mol. The second kappa shape index (κ2) is 8.59. The lowest BCUT2D eigenvalue weighted by molar-refractivity contribution is -0.142. The highest BCUT2D eigenvalue weighted by Gasteiger charge is 2.16. The highest BCUT2D eigenvalue weighted by Crippen LogP contribution is 2.15. The Labute approximate surface area is 123 Å².